The van der Waals surface area contributed by atoms with Crippen molar-refractivity contribution < 1.29 is 9.84 Å². The Morgan fingerprint density at radius 2 is 2.15 bits per heavy atom. The lowest BCUT2D eigenvalue weighted by Crippen LogP contribution is -2.38. The van der Waals surface area contributed by atoms with E-state index in [4.69, 9.17) is 4.74 Å². The molecule has 0 aliphatic carbocycles. The Labute approximate surface area is 159 Å². The Bertz CT molecular complexity index is 728. The number of phenols is 1. The van der Waals surface area contributed by atoms with Crippen LogP contribution in [0.25, 0.3) is 0 Å². The number of benzene rings is 1. The summed E-state index contributed by atoms with van der Waals surface area (Å²) in [5, 5.41) is 19.7. The van der Waals surface area contributed by atoms with Crippen LogP contribution in [0.3, 0.4) is 0 Å². The summed E-state index contributed by atoms with van der Waals surface area (Å²) in [6.07, 6.45) is 0.689. The summed E-state index contributed by atoms with van der Waals surface area (Å²) in [7, 11) is 1.59. The molecular formula is C19H28N4O2S. The van der Waals surface area contributed by atoms with Crippen molar-refractivity contribution in [3.05, 3.63) is 39.8 Å². The third-order valence-electron chi connectivity index (χ3n) is 3.86. The van der Waals surface area contributed by atoms with Gasteiger partial charge in [0.2, 0.25) is 0 Å². The second-order valence-corrected chi connectivity index (χ2v) is 7.13. The van der Waals surface area contributed by atoms with E-state index in [2.05, 4.69) is 39.8 Å². The summed E-state index contributed by atoms with van der Waals surface area (Å²) in [5.74, 6) is 2.09. The molecule has 3 N–H and O–H groups in total. The summed E-state index contributed by atoms with van der Waals surface area (Å²) >= 11 is 1.65. The van der Waals surface area contributed by atoms with Crippen LogP contribution in [0.2, 0.25) is 0 Å². The highest BCUT2D eigenvalue weighted by Crippen LogP contribution is 2.23. The monoisotopic (exact) mass is 376 g/mol. The minimum Gasteiger partial charge on any atom is -0.508 e. The van der Waals surface area contributed by atoms with Crippen LogP contribution < -0.4 is 15.4 Å². The van der Waals surface area contributed by atoms with Crippen LogP contribution >= 0.6 is 11.3 Å². The molecule has 0 atom stereocenters. The van der Waals surface area contributed by atoms with E-state index in [-0.39, 0.29) is 5.75 Å². The molecule has 1 aromatic heterocycles. The van der Waals surface area contributed by atoms with Crippen LogP contribution in [0.1, 0.15) is 43.0 Å². The zero-order valence-corrected chi connectivity index (χ0v) is 16.7. The number of hydrogen-bond donors (Lipinski definition) is 3. The smallest absolute Gasteiger partial charge is 0.191 e. The van der Waals surface area contributed by atoms with Crippen LogP contribution in [0, 0.1) is 0 Å². The number of phenolic OH excluding ortho intramolecular Hbond substituents is 1. The summed E-state index contributed by atoms with van der Waals surface area (Å²) in [4.78, 5) is 9.21. The molecule has 142 valence electrons. The molecule has 1 heterocycles. The first-order chi connectivity index (χ1) is 12.5. The molecule has 0 bridgehead atoms. The predicted molar refractivity (Wildman–Crippen MR) is 107 cm³/mol. The van der Waals surface area contributed by atoms with E-state index < -0.39 is 0 Å². The Hall–Kier alpha value is -2.28. The van der Waals surface area contributed by atoms with E-state index in [9.17, 15) is 5.11 Å². The molecule has 0 radical (unpaired) electrons. The molecule has 26 heavy (non-hydrogen) atoms. The SMILES string of the molecule is CCNC(=NCc1nc(C(C)C)cs1)NCCc1ccc(OC)cc1O. The third-order valence-corrected chi connectivity index (χ3v) is 4.71. The van der Waals surface area contributed by atoms with E-state index in [1.54, 1.807) is 24.5 Å². The van der Waals surface area contributed by atoms with E-state index in [1.165, 1.54) is 0 Å². The number of methoxy groups -OCH3 is 1. The van der Waals surface area contributed by atoms with Crippen molar-refractivity contribution in [2.75, 3.05) is 20.2 Å². The molecule has 1 aromatic carbocycles. The number of ether oxygens (including phenoxy) is 1. The quantitative estimate of drug-likeness (QED) is 0.487. The predicted octanol–water partition coefficient (Wildman–Crippen LogP) is 3.28. The molecule has 6 nitrogen and oxygen atoms in total. The Morgan fingerprint density at radius 1 is 1.35 bits per heavy atom. The number of thiazole rings is 1. The van der Waals surface area contributed by atoms with Gasteiger partial charge in [-0.25, -0.2) is 9.98 Å². The lowest BCUT2D eigenvalue weighted by atomic mass is 10.1. The number of aromatic hydroxyl groups is 1. The van der Waals surface area contributed by atoms with Gasteiger partial charge in [-0.15, -0.1) is 11.3 Å². The fraction of sp³-hybridized carbons (Fsp3) is 0.474. The van der Waals surface area contributed by atoms with Gasteiger partial charge < -0.3 is 20.5 Å². The maximum atomic E-state index is 10.0. The summed E-state index contributed by atoms with van der Waals surface area (Å²) in [5.41, 5.74) is 1.99. The van der Waals surface area contributed by atoms with E-state index >= 15 is 0 Å². The molecular weight excluding hydrogens is 348 g/mol. The number of aliphatic imine (C=N–C) groups is 1. The zero-order chi connectivity index (χ0) is 18.9. The molecule has 0 aliphatic rings. The zero-order valence-electron chi connectivity index (χ0n) is 15.9. The third kappa shape index (κ3) is 5.91. The molecule has 0 saturated carbocycles. The van der Waals surface area contributed by atoms with Gasteiger partial charge in [-0.2, -0.15) is 0 Å². The van der Waals surface area contributed by atoms with Gasteiger partial charge in [0.1, 0.15) is 16.5 Å². The van der Waals surface area contributed by atoms with E-state index in [0.717, 1.165) is 28.8 Å². The van der Waals surface area contributed by atoms with Gasteiger partial charge in [0.25, 0.3) is 0 Å². The van der Waals surface area contributed by atoms with Crippen LogP contribution in [0.5, 0.6) is 11.5 Å². The molecule has 0 amide bonds. The normalized spacial score (nSPS) is 11.7. The molecule has 0 aliphatic heterocycles. The molecule has 0 fully saturated rings. The lowest BCUT2D eigenvalue weighted by molar-refractivity contribution is 0.406. The van der Waals surface area contributed by atoms with Crippen molar-refractivity contribution in [1.82, 2.24) is 15.6 Å². The number of rotatable bonds is 8. The Kier molecular flexibility index (Phi) is 7.72. The molecule has 0 unspecified atom stereocenters. The molecule has 2 aromatic rings. The van der Waals surface area contributed by atoms with Crippen molar-refractivity contribution in [1.29, 1.82) is 0 Å². The second kappa shape index (κ2) is 10.0. The minimum atomic E-state index is 0.247. The van der Waals surface area contributed by atoms with Gasteiger partial charge in [0.15, 0.2) is 5.96 Å². The van der Waals surface area contributed by atoms with Gasteiger partial charge in [-0.3, -0.25) is 0 Å². The summed E-state index contributed by atoms with van der Waals surface area (Å²) in [6, 6.07) is 5.36. The first-order valence-electron chi connectivity index (χ1n) is 8.85. The van der Waals surface area contributed by atoms with Crippen molar-refractivity contribution in [2.24, 2.45) is 4.99 Å². The average molecular weight is 377 g/mol. The average Bonchev–Trinajstić information content (AvgIpc) is 3.10. The van der Waals surface area contributed by atoms with Gasteiger partial charge >= 0.3 is 0 Å². The number of nitrogens with zero attached hydrogens (tertiary/aromatic N) is 2. The van der Waals surface area contributed by atoms with E-state index in [0.29, 0.717) is 31.2 Å². The minimum absolute atomic E-state index is 0.247. The van der Waals surface area contributed by atoms with Crippen molar-refractivity contribution in [3.8, 4) is 11.5 Å². The topological polar surface area (TPSA) is 78.8 Å². The largest absolute Gasteiger partial charge is 0.508 e. The van der Waals surface area contributed by atoms with Crippen LogP contribution in [0.4, 0.5) is 0 Å². The summed E-state index contributed by atoms with van der Waals surface area (Å²) < 4.78 is 5.11. The number of nitrogens with one attached hydrogen (secondary N) is 2. The first-order valence-corrected chi connectivity index (χ1v) is 9.73. The highest BCUT2D eigenvalue weighted by atomic mass is 32.1. The number of hydrogen-bond acceptors (Lipinski definition) is 5. The van der Waals surface area contributed by atoms with Gasteiger partial charge in [-0.1, -0.05) is 19.9 Å². The lowest BCUT2D eigenvalue weighted by Gasteiger charge is -2.12. The Morgan fingerprint density at radius 3 is 2.77 bits per heavy atom. The summed E-state index contributed by atoms with van der Waals surface area (Å²) in [6.45, 7) is 8.33. The molecule has 7 heteroatoms. The fourth-order valence-corrected chi connectivity index (χ4v) is 3.23. The second-order valence-electron chi connectivity index (χ2n) is 6.19. The highest BCUT2D eigenvalue weighted by Gasteiger charge is 2.07. The standard InChI is InChI=1S/C19H28N4O2S/c1-5-20-19(22-11-18-23-16(12-26-18)13(2)3)21-9-8-14-6-7-15(25-4)10-17(14)24/h6-7,10,12-13,24H,5,8-9,11H2,1-4H3,(H2,20,21,22). The first kappa shape index (κ1) is 20.0. The number of guanidine groups is 1. The van der Waals surface area contributed by atoms with Crippen LogP contribution in [0.15, 0.2) is 28.6 Å². The maximum absolute atomic E-state index is 10.0. The van der Waals surface area contributed by atoms with Crippen molar-refractivity contribution >= 4 is 17.3 Å². The molecule has 2 rings (SSSR count). The van der Waals surface area contributed by atoms with Crippen LogP contribution in [-0.4, -0.2) is 36.2 Å². The number of aromatic nitrogens is 1. The van der Waals surface area contributed by atoms with Crippen molar-refractivity contribution in [3.63, 3.8) is 0 Å². The molecule has 0 saturated heterocycles. The maximum Gasteiger partial charge on any atom is 0.191 e. The van der Waals surface area contributed by atoms with Crippen LogP contribution in [-0.2, 0) is 13.0 Å². The van der Waals surface area contributed by atoms with E-state index in [1.807, 2.05) is 19.1 Å². The highest BCUT2D eigenvalue weighted by molar-refractivity contribution is 7.09. The molecule has 0 spiro atoms. The van der Waals surface area contributed by atoms with Gasteiger partial charge in [-0.05, 0) is 30.9 Å². The van der Waals surface area contributed by atoms with Gasteiger partial charge in [0, 0.05) is 24.5 Å². The van der Waals surface area contributed by atoms with Crippen molar-refractivity contribution in [2.45, 2.75) is 39.7 Å². The Balaban J connectivity index is 1.90. The van der Waals surface area contributed by atoms with Gasteiger partial charge in [0.05, 0.1) is 19.3 Å². The fourth-order valence-electron chi connectivity index (χ4n) is 2.35.